The molecule has 0 aliphatic carbocycles. The average Bonchev–Trinajstić information content (AvgIpc) is 2.67. The number of hydrogen-bond donors (Lipinski definition) is 1. The summed E-state index contributed by atoms with van der Waals surface area (Å²) < 4.78 is 0. The molecule has 2 nitrogen and oxygen atoms in total. The van der Waals surface area contributed by atoms with Gasteiger partial charge in [0.15, 0.2) is 5.17 Å². The third-order valence-electron chi connectivity index (χ3n) is 2.39. The van der Waals surface area contributed by atoms with Crippen LogP contribution in [0.15, 0.2) is 29.3 Å². The molecule has 0 saturated heterocycles. The van der Waals surface area contributed by atoms with Crippen LogP contribution in [0.2, 0.25) is 0 Å². The Bertz CT molecular complexity index is 348. The van der Waals surface area contributed by atoms with Gasteiger partial charge in [0.2, 0.25) is 0 Å². The van der Waals surface area contributed by atoms with Crippen molar-refractivity contribution in [3.05, 3.63) is 35.4 Å². The van der Waals surface area contributed by atoms with Crippen LogP contribution in [0.1, 0.15) is 17.2 Å². The first-order chi connectivity index (χ1) is 6.79. The summed E-state index contributed by atoms with van der Waals surface area (Å²) in [6.07, 6.45) is 2.04. The number of aliphatic imine (C=N–C) groups is 1. The van der Waals surface area contributed by atoms with E-state index >= 15 is 0 Å². The van der Waals surface area contributed by atoms with Gasteiger partial charge in [-0.05, 0) is 18.7 Å². The summed E-state index contributed by atoms with van der Waals surface area (Å²) >= 11 is 1.67. The molecule has 1 aliphatic rings. The molecule has 4 heteroatoms. The van der Waals surface area contributed by atoms with Gasteiger partial charge in [-0.25, -0.2) is 0 Å². The largest absolute Gasteiger partial charge is 0.356 e. The maximum absolute atomic E-state index is 4.40. The monoisotopic (exact) mass is 242 g/mol. The van der Waals surface area contributed by atoms with Crippen LogP contribution >= 0.6 is 24.2 Å². The van der Waals surface area contributed by atoms with E-state index < -0.39 is 0 Å². The fourth-order valence-corrected chi connectivity index (χ4v) is 1.99. The number of benzene rings is 1. The van der Waals surface area contributed by atoms with Crippen molar-refractivity contribution >= 4 is 29.3 Å². The molecule has 0 saturated carbocycles. The normalized spacial score (nSPS) is 19.1. The molecule has 15 heavy (non-hydrogen) atoms. The van der Waals surface area contributed by atoms with E-state index in [0.29, 0.717) is 6.04 Å². The lowest BCUT2D eigenvalue weighted by Crippen LogP contribution is -2.20. The highest BCUT2D eigenvalue weighted by Crippen LogP contribution is 2.19. The van der Waals surface area contributed by atoms with Crippen LogP contribution in [0, 0.1) is 6.92 Å². The molecule has 0 radical (unpaired) electrons. The van der Waals surface area contributed by atoms with Crippen LogP contribution in [0.3, 0.4) is 0 Å². The molecule has 1 aromatic carbocycles. The quantitative estimate of drug-likeness (QED) is 0.819. The van der Waals surface area contributed by atoms with Crippen LogP contribution < -0.4 is 5.32 Å². The van der Waals surface area contributed by atoms with Crippen LogP contribution in [0.4, 0.5) is 0 Å². The molecular weight excluding hydrogens is 228 g/mol. The van der Waals surface area contributed by atoms with E-state index in [0.717, 1.165) is 11.7 Å². The second kappa shape index (κ2) is 5.42. The third-order valence-corrected chi connectivity index (χ3v) is 3.02. The molecule has 1 aliphatic heterocycles. The Labute approximate surface area is 101 Å². The van der Waals surface area contributed by atoms with Crippen molar-refractivity contribution in [2.75, 3.05) is 12.8 Å². The molecule has 0 fully saturated rings. The summed E-state index contributed by atoms with van der Waals surface area (Å²) in [7, 11) is 0. The fourth-order valence-electron chi connectivity index (χ4n) is 1.53. The smallest absolute Gasteiger partial charge is 0.156 e. The van der Waals surface area contributed by atoms with Gasteiger partial charge >= 0.3 is 0 Å². The first-order valence-electron chi connectivity index (χ1n) is 4.71. The molecule has 1 N–H and O–H groups in total. The van der Waals surface area contributed by atoms with Gasteiger partial charge in [0.25, 0.3) is 0 Å². The summed E-state index contributed by atoms with van der Waals surface area (Å²) in [6.45, 7) is 2.97. The molecule has 0 spiro atoms. The van der Waals surface area contributed by atoms with Gasteiger partial charge in [-0.1, -0.05) is 41.6 Å². The predicted molar refractivity (Wildman–Crippen MR) is 70.1 cm³/mol. The maximum Gasteiger partial charge on any atom is 0.156 e. The van der Waals surface area contributed by atoms with Gasteiger partial charge in [0.05, 0.1) is 12.6 Å². The number of nitrogens with one attached hydrogen (secondary N) is 1. The summed E-state index contributed by atoms with van der Waals surface area (Å²) in [5.41, 5.74) is 2.63. The predicted octanol–water partition coefficient (Wildman–Crippen LogP) is 2.78. The van der Waals surface area contributed by atoms with Crippen molar-refractivity contribution in [3.8, 4) is 0 Å². The minimum Gasteiger partial charge on any atom is -0.356 e. The van der Waals surface area contributed by atoms with Gasteiger partial charge < -0.3 is 5.32 Å². The van der Waals surface area contributed by atoms with E-state index in [9.17, 15) is 0 Å². The number of rotatable bonds is 1. The first-order valence-corrected chi connectivity index (χ1v) is 5.93. The molecule has 1 aromatic rings. The number of halogens is 1. The Morgan fingerprint density at radius 1 is 1.33 bits per heavy atom. The van der Waals surface area contributed by atoms with E-state index in [1.54, 1.807) is 11.8 Å². The fraction of sp³-hybridized carbons (Fsp3) is 0.364. The molecule has 0 amide bonds. The van der Waals surface area contributed by atoms with Crippen molar-refractivity contribution in [3.63, 3.8) is 0 Å². The van der Waals surface area contributed by atoms with Gasteiger partial charge in [0.1, 0.15) is 0 Å². The molecule has 1 unspecified atom stereocenters. The van der Waals surface area contributed by atoms with E-state index in [2.05, 4.69) is 41.5 Å². The van der Waals surface area contributed by atoms with Crippen molar-refractivity contribution < 1.29 is 0 Å². The zero-order chi connectivity index (χ0) is 9.97. The highest BCUT2D eigenvalue weighted by atomic mass is 35.5. The second-order valence-electron chi connectivity index (χ2n) is 3.46. The summed E-state index contributed by atoms with van der Waals surface area (Å²) in [6, 6.07) is 9.01. The van der Waals surface area contributed by atoms with E-state index in [-0.39, 0.29) is 12.4 Å². The van der Waals surface area contributed by atoms with Gasteiger partial charge in [-0.3, -0.25) is 4.99 Å². The number of hydrogen-bond acceptors (Lipinski definition) is 3. The van der Waals surface area contributed by atoms with Gasteiger partial charge in [-0.2, -0.15) is 0 Å². The number of aryl methyl sites for hydroxylation is 1. The highest BCUT2D eigenvalue weighted by molar-refractivity contribution is 8.13. The van der Waals surface area contributed by atoms with Crippen LogP contribution in [0.5, 0.6) is 0 Å². The molecule has 1 atom stereocenters. The van der Waals surface area contributed by atoms with Crippen LogP contribution in [-0.2, 0) is 0 Å². The van der Waals surface area contributed by atoms with Crippen molar-refractivity contribution in [2.24, 2.45) is 4.99 Å². The Kier molecular flexibility index (Phi) is 4.48. The first kappa shape index (κ1) is 12.4. The standard InChI is InChI=1S/C11H14N2S.ClH/c1-8-3-5-9(6-4-8)10-7-12-11(13-10)14-2;/h3-6,10H,7H2,1-2H3,(H,12,13);1H. The third kappa shape index (κ3) is 2.89. The highest BCUT2D eigenvalue weighted by Gasteiger charge is 2.17. The zero-order valence-corrected chi connectivity index (χ0v) is 10.5. The maximum atomic E-state index is 4.40. The Morgan fingerprint density at radius 2 is 2.00 bits per heavy atom. The van der Waals surface area contributed by atoms with Crippen LogP contribution in [0.25, 0.3) is 0 Å². The number of amidine groups is 1. The van der Waals surface area contributed by atoms with Crippen molar-refractivity contribution in [2.45, 2.75) is 13.0 Å². The summed E-state index contributed by atoms with van der Waals surface area (Å²) in [5, 5.41) is 4.44. The lowest BCUT2D eigenvalue weighted by molar-refractivity contribution is 0.711. The van der Waals surface area contributed by atoms with E-state index in [4.69, 9.17) is 0 Å². The molecule has 82 valence electrons. The second-order valence-corrected chi connectivity index (χ2v) is 4.25. The van der Waals surface area contributed by atoms with Crippen molar-refractivity contribution in [1.82, 2.24) is 5.32 Å². The van der Waals surface area contributed by atoms with Gasteiger partial charge in [-0.15, -0.1) is 12.4 Å². The lowest BCUT2D eigenvalue weighted by Gasteiger charge is -2.11. The molecule has 0 bridgehead atoms. The van der Waals surface area contributed by atoms with Crippen LogP contribution in [-0.4, -0.2) is 18.0 Å². The van der Waals surface area contributed by atoms with Crippen molar-refractivity contribution in [1.29, 1.82) is 0 Å². The zero-order valence-electron chi connectivity index (χ0n) is 8.86. The topological polar surface area (TPSA) is 24.4 Å². The van der Waals surface area contributed by atoms with E-state index in [1.165, 1.54) is 11.1 Å². The molecule has 2 rings (SSSR count). The Hall–Kier alpha value is -0.670. The molecular formula is C11H15ClN2S. The summed E-state index contributed by atoms with van der Waals surface area (Å²) in [5.74, 6) is 0. The number of nitrogens with zero attached hydrogens (tertiary/aromatic N) is 1. The lowest BCUT2D eigenvalue weighted by atomic mass is 10.1. The molecule has 0 aromatic heterocycles. The SMILES string of the molecule is CSC1=NCC(c2ccc(C)cc2)N1.Cl. The number of thioether (sulfide) groups is 1. The Balaban J connectivity index is 0.00000112. The van der Waals surface area contributed by atoms with Gasteiger partial charge in [0, 0.05) is 0 Å². The average molecular weight is 243 g/mol. The minimum absolute atomic E-state index is 0. The molecule has 1 heterocycles. The van der Waals surface area contributed by atoms with E-state index in [1.807, 2.05) is 6.26 Å². The summed E-state index contributed by atoms with van der Waals surface area (Å²) in [4.78, 5) is 4.40. The Morgan fingerprint density at radius 3 is 2.53 bits per heavy atom. The minimum atomic E-state index is 0.